The molecule has 0 rings (SSSR count). The van der Waals surface area contributed by atoms with Crippen LogP contribution in [0.15, 0.2) is 0 Å². The van der Waals surface area contributed by atoms with Gasteiger partial charge in [-0.25, -0.2) is 4.79 Å². The molecule has 10 heteroatoms. The van der Waals surface area contributed by atoms with Crippen molar-refractivity contribution >= 4 is 17.9 Å². The van der Waals surface area contributed by atoms with Crippen LogP contribution in [0.1, 0.15) is 12.8 Å². The molecule has 0 amide bonds. The molecule has 0 radical (unpaired) electrons. The minimum absolute atomic E-state index is 1.23. The molecule has 0 saturated heterocycles. The lowest BCUT2D eigenvalue weighted by Gasteiger charge is -2.21. The summed E-state index contributed by atoms with van der Waals surface area (Å²) in [5, 5.41) is 51.5. The molecule has 0 heterocycles. The number of carboxylic acid groups (broad SMARTS) is 2. The fraction of sp³-hybridized carbons (Fsp3) is 0.625. The van der Waals surface area contributed by atoms with E-state index in [1.807, 2.05) is 0 Å². The van der Waals surface area contributed by atoms with Crippen molar-refractivity contribution in [2.45, 2.75) is 24.4 Å². The van der Waals surface area contributed by atoms with E-state index >= 15 is 0 Å². The lowest BCUT2D eigenvalue weighted by atomic mass is 9.96. The Balaban J connectivity index is 4.56. The van der Waals surface area contributed by atoms with Crippen LogP contribution in [0, 0.1) is 0 Å². The highest BCUT2D eigenvalue weighted by molar-refractivity contribution is 5.88. The van der Waals surface area contributed by atoms with Crippen molar-refractivity contribution in [3.05, 3.63) is 0 Å². The van der Waals surface area contributed by atoms with Gasteiger partial charge in [0.05, 0.1) is 12.8 Å². The van der Waals surface area contributed by atoms with Crippen LogP contribution in [0.2, 0.25) is 0 Å². The number of rotatable bonds is 7. The maximum Gasteiger partial charge on any atom is 0.336 e. The fourth-order valence-corrected chi connectivity index (χ4v) is 0.931. The predicted octanol–water partition coefficient (Wildman–Crippen LogP) is -3.16. The van der Waals surface area contributed by atoms with Crippen LogP contribution in [0.4, 0.5) is 0 Å². The molecule has 0 aliphatic heterocycles. The van der Waals surface area contributed by atoms with Crippen molar-refractivity contribution in [2.24, 2.45) is 0 Å². The van der Waals surface area contributed by atoms with Crippen LogP contribution in [-0.2, 0) is 19.1 Å². The zero-order valence-electron chi connectivity index (χ0n) is 8.94. The van der Waals surface area contributed by atoms with Gasteiger partial charge in [-0.3, -0.25) is 9.59 Å². The van der Waals surface area contributed by atoms with E-state index in [-0.39, 0.29) is 0 Å². The summed E-state index contributed by atoms with van der Waals surface area (Å²) in [6.07, 6.45) is -2.48. The van der Waals surface area contributed by atoms with Crippen LogP contribution in [0.3, 0.4) is 0 Å². The van der Waals surface area contributed by atoms with Crippen LogP contribution >= 0.6 is 0 Å². The molecule has 0 fully saturated rings. The van der Waals surface area contributed by atoms with E-state index in [1.54, 1.807) is 0 Å². The summed E-state index contributed by atoms with van der Waals surface area (Å²) >= 11 is 0. The molecule has 0 aliphatic carbocycles. The van der Waals surface area contributed by atoms with Crippen molar-refractivity contribution in [3.63, 3.8) is 0 Å². The summed E-state index contributed by atoms with van der Waals surface area (Å²) in [6, 6.07) is 0. The second kappa shape index (κ2) is 5.73. The molecule has 1 atom stereocenters. The third-order valence-corrected chi connectivity index (χ3v) is 1.71. The second-order valence-corrected chi connectivity index (χ2v) is 3.52. The summed E-state index contributed by atoms with van der Waals surface area (Å²) in [5.74, 6) is -8.34. The van der Waals surface area contributed by atoms with Crippen molar-refractivity contribution in [1.29, 1.82) is 0 Å². The van der Waals surface area contributed by atoms with E-state index in [1.165, 1.54) is 0 Å². The second-order valence-electron chi connectivity index (χ2n) is 3.52. The minimum atomic E-state index is -3.30. The van der Waals surface area contributed by atoms with Gasteiger partial charge >= 0.3 is 23.9 Å². The highest BCUT2D eigenvalue weighted by Gasteiger charge is 2.41. The van der Waals surface area contributed by atoms with Crippen molar-refractivity contribution < 1.29 is 49.8 Å². The van der Waals surface area contributed by atoms with Gasteiger partial charge < -0.3 is 35.4 Å². The Bertz CT molecular complexity index is 342. The van der Waals surface area contributed by atoms with E-state index in [0.717, 1.165) is 0 Å². The summed E-state index contributed by atoms with van der Waals surface area (Å²) in [6.45, 7) is -1.28. The van der Waals surface area contributed by atoms with E-state index in [9.17, 15) is 19.5 Å². The minimum Gasteiger partial charge on any atom is -0.481 e. The van der Waals surface area contributed by atoms with Gasteiger partial charge in [0.15, 0.2) is 12.2 Å². The number of carbonyl (C=O) groups is 3. The zero-order valence-corrected chi connectivity index (χ0v) is 8.94. The van der Waals surface area contributed by atoms with Gasteiger partial charge in [0.25, 0.3) is 0 Å². The third-order valence-electron chi connectivity index (χ3n) is 1.71. The molecule has 0 saturated carbocycles. The number of carbonyl (C=O) groups excluding carboxylic acids is 1. The molecule has 1 unspecified atom stereocenters. The molecule has 0 aromatic heterocycles. The van der Waals surface area contributed by atoms with Gasteiger partial charge in [-0.15, -0.1) is 0 Å². The topological polar surface area (TPSA) is 182 Å². The lowest BCUT2D eigenvalue weighted by molar-refractivity contribution is -0.328. The highest BCUT2D eigenvalue weighted by atomic mass is 16.7. The Morgan fingerprint density at radius 2 is 1.44 bits per heavy atom. The first-order valence-corrected chi connectivity index (χ1v) is 4.46. The van der Waals surface area contributed by atoms with Gasteiger partial charge in [-0.1, -0.05) is 0 Å². The Hall–Kier alpha value is -1.75. The molecule has 18 heavy (non-hydrogen) atoms. The van der Waals surface area contributed by atoms with Crippen molar-refractivity contribution in [2.75, 3.05) is 6.61 Å². The summed E-state index contributed by atoms with van der Waals surface area (Å²) in [5.41, 5.74) is -2.88. The Morgan fingerprint density at radius 3 is 1.78 bits per heavy atom. The standard InChI is InChI=1S/C8H12O10/c9-4(10)1-7(14,6(12)13)2-5(11)18-3-8(15,16)17/h14-17H,1-3H2,(H,9,10)(H,12,13). The van der Waals surface area contributed by atoms with E-state index < -0.39 is 48.9 Å². The Morgan fingerprint density at radius 1 is 0.944 bits per heavy atom. The highest BCUT2D eigenvalue weighted by Crippen LogP contribution is 2.17. The van der Waals surface area contributed by atoms with Crippen LogP contribution in [0.25, 0.3) is 0 Å². The molecule has 0 bridgehead atoms. The molecule has 0 aliphatic rings. The average Bonchev–Trinajstić information content (AvgIpc) is 2.11. The normalized spacial score (nSPS) is 14.7. The first-order valence-electron chi connectivity index (χ1n) is 4.46. The summed E-state index contributed by atoms with van der Waals surface area (Å²) in [7, 11) is 0. The molecule has 104 valence electrons. The average molecular weight is 268 g/mol. The first-order chi connectivity index (χ1) is 7.96. The summed E-state index contributed by atoms with van der Waals surface area (Å²) < 4.78 is 4.03. The van der Waals surface area contributed by atoms with Crippen LogP contribution < -0.4 is 0 Å². The van der Waals surface area contributed by atoms with Crippen molar-refractivity contribution in [1.82, 2.24) is 0 Å². The van der Waals surface area contributed by atoms with E-state index in [0.29, 0.717) is 0 Å². The maximum absolute atomic E-state index is 11.0. The first kappa shape index (κ1) is 16.2. The van der Waals surface area contributed by atoms with E-state index in [4.69, 9.17) is 25.5 Å². The van der Waals surface area contributed by atoms with Crippen LogP contribution in [0.5, 0.6) is 0 Å². The van der Waals surface area contributed by atoms with Gasteiger partial charge in [0, 0.05) is 0 Å². The molecule has 0 aromatic carbocycles. The Labute approximate surface area is 99.7 Å². The van der Waals surface area contributed by atoms with Gasteiger partial charge in [-0.2, -0.15) is 0 Å². The van der Waals surface area contributed by atoms with Gasteiger partial charge in [0.1, 0.15) is 0 Å². The molecule has 0 aromatic rings. The molecule has 10 nitrogen and oxygen atoms in total. The number of aliphatic hydroxyl groups is 4. The monoisotopic (exact) mass is 268 g/mol. The zero-order chi connectivity index (χ0) is 14.6. The number of hydrogen-bond donors (Lipinski definition) is 6. The quantitative estimate of drug-likeness (QED) is 0.203. The Kier molecular flexibility index (Phi) is 5.17. The smallest absolute Gasteiger partial charge is 0.336 e. The largest absolute Gasteiger partial charge is 0.481 e. The number of ether oxygens (including phenoxy) is 1. The fourth-order valence-electron chi connectivity index (χ4n) is 0.931. The molecular weight excluding hydrogens is 256 g/mol. The maximum atomic E-state index is 11.0. The number of aliphatic carboxylic acids is 2. The molecule has 6 N–H and O–H groups in total. The number of esters is 1. The number of carboxylic acids is 2. The van der Waals surface area contributed by atoms with Crippen molar-refractivity contribution in [3.8, 4) is 0 Å². The molecular formula is C8H12O10. The third kappa shape index (κ3) is 6.10. The number of hydrogen-bond acceptors (Lipinski definition) is 8. The molecule has 0 spiro atoms. The van der Waals surface area contributed by atoms with Crippen LogP contribution in [-0.4, -0.2) is 66.7 Å². The lowest BCUT2D eigenvalue weighted by Crippen LogP contribution is -2.44. The van der Waals surface area contributed by atoms with Gasteiger partial charge in [-0.05, 0) is 0 Å². The SMILES string of the molecule is O=C(O)CC(O)(CC(=O)OCC(O)(O)O)C(=O)O. The van der Waals surface area contributed by atoms with Gasteiger partial charge in [0.2, 0.25) is 0 Å². The summed E-state index contributed by atoms with van der Waals surface area (Å²) in [4.78, 5) is 32.0. The van der Waals surface area contributed by atoms with E-state index in [2.05, 4.69) is 4.74 Å². The predicted molar refractivity (Wildman–Crippen MR) is 49.8 cm³/mol.